The first-order valence-corrected chi connectivity index (χ1v) is 13.7. The zero-order valence-electron chi connectivity index (χ0n) is 21.5. The molecule has 1 aromatic carbocycles. The number of rotatable bonds is 10. The van der Waals surface area contributed by atoms with Crippen molar-refractivity contribution >= 4 is 25.5 Å². The van der Waals surface area contributed by atoms with Crippen molar-refractivity contribution in [3.05, 3.63) is 89.6 Å². The van der Waals surface area contributed by atoms with Gasteiger partial charge in [-0.3, -0.25) is 0 Å². The van der Waals surface area contributed by atoms with Crippen LogP contribution in [0.3, 0.4) is 0 Å². The second-order valence-electron chi connectivity index (χ2n) is 9.02. The molecule has 1 aromatic heterocycles. The lowest BCUT2D eigenvalue weighted by atomic mass is 10.0. The Morgan fingerprint density at radius 2 is 1.97 bits per heavy atom. The Hall–Kier alpha value is -3.09. The quantitative estimate of drug-likeness (QED) is 0.352. The van der Waals surface area contributed by atoms with Crippen LogP contribution in [0.4, 0.5) is 14.7 Å². The van der Waals surface area contributed by atoms with Gasteiger partial charge in [0.2, 0.25) is 5.95 Å². The van der Waals surface area contributed by atoms with Gasteiger partial charge in [-0.1, -0.05) is 32.2 Å². The third-order valence-electron chi connectivity index (χ3n) is 6.58. The number of fused-ring (bicyclic) bond motifs is 1. The van der Waals surface area contributed by atoms with Crippen LogP contribution < -0.4 is 20.8 Å². The highest BCUT2D eigenvalue weighted by molar-refractivity contribution is 7.47. The fourth-order valence-electron chi connectivity index (χ4n) is 4.73. The molecule has 1 saturated heterocycles. The number of nitrogens with zero attached hydrogens (tertiary/aromatic N) is 4. The first-order chi connectivity index (χ1) is 17.9. The van der Waals surface area contributed by atoms with Gasteiger partial charge in [0.1, 0.15) is 0 Å². The van der Waals surface area contributed by atoms with E-state index in [1.54, 1.807) is 6.20 Å². The molecule has 0 radical (unpaired) electrons. The number of hydrogen-bond acceptors (Lipinski definition) is 6. The van der Waals surface area contributed by atoms with E-state index in [0.29, 0.717) is 30.4 Å². The molecule has 6 nitrogen and oxygen atoms in total. The summed E-state index contributed by atoms with van der Waals surface area (Å²) in [5.41, 5.74) is 6.49. The zero-order valence-corrected chi connectivity index (χ0v) is 22.5. The van der Waals surface area contributed by atoms with E-state index in [1.165, 1.54) is 0 Å². The normalized spacial score (nSPS) is 16.6. The number of aromatic nitrogens is 2. The van der Waals surface area contributed by atoms with Gasteiger partial charge in [0.25, 0.3) is 6.17 Å². The Morgan fingerprint density at radius 3 is 2.62 bits per heavy atom. The molecule has 0 saturated carbocycles. The average molecular weight is 525 g/mol. The lowest BCUT2D eigenvalue weighted by Gasteiger charge is -2.32. The number of nitrogens with one attached hydrogen (secondary N) is 2. The minimum absolute atomic E-state index is 0.488. The van der Waals surface area contributed by atoms with Crippen molar-refractivity contribution in [2.45, 2.75) is 39.5 Å². The molecule has 3 heterocycles. The molecule has 1 atom stereocenters. The Bertz CT molecular complexity index is 1200. The molecule has 0 aliphatic carbocycles. The highest BCUT2D eigenvalue weighted by atomic mass is 31.1. The molecule has 2 N–H and O–H groups in total. The third kappa shape index (κ3) is 6.43. The Balaban J connectivity index is 1.53. The third-order valence-corrected chi connectivity index (χ3v) is 7.57. The highest BCUT2D eigenvalue weighted by Crippen LogP contribution is 2.31. The van der Waals surface area contributed by atoms with Crippen molar-refractivity contribution in [1.82, 2.24) is 25.5 Å². The van der Waals surface area contributed by atoms with Crippen molar-refractivity contribution < 1.29 is 8.78 Å². The van der Waals surface area contributed by atoms with E-state index >= 15 is 0 Å². The van der Waals surface area contributed by atoms with Crippen molar-refractivity contribution in [2.75, 3.05) is 31.1 Å². The largest absolute Gasteiger partial charge is 0.367 e. The summed E-state index contributed by atoms with van der Waals surface area (Å²) in [4.78, 5) is 13.7. The first-order valence-electron chi connectivity index (χ1n) is 12.6. The van der Waals surface area contributed by atoms with Crippen LogP contribution in [0.1, 0.15) is 36.2 Å². The summed E-state index contributed by atoms with van der Waals surface area (Å²) in [6.45, 7) is 17.2. The molecule has 0 bridgehead atoms. The van der Waals surface area contributed by atoms with E-state index < -0.39 is 14.7 Å². The van der Waals surface area contributed by atoms with Crippen molar-refractivity contribution in [3.63, 3.8) is 0 Å². The molecular weight excluding hydrogens is 489 g/mol. The van der Waals surface area contributed by atoms with E-state index in [9.17, 15) is 8.78 Å². The number of anilines is 1. The maximum Gasteiger partial charge on any atom is 0.256 e. The van der Waals surface area contributed by atoms with Crippen LogP contribution in [-0.2, 0) is 19.5 Å². The molecule has 0 spiro atoms. The summed E-state index contributed by atoms with van der Waals surface area (Å²) < 4.78 is 26.2. The van der Waals surface area contributed by atoms with E-state index in [-0.39, 0.29) is 0 Å². The number of piperazine rings is 1. The summed E-state index contributed by atoms with van der Waals surface area (Å²) in [6, 6.07) is 5.85. The second kappa shape index (κ2) is 12.4. The van der Waals surface area contributed by atoms with Gasteiger partial charge in [0, 0.05) is 45.5 Å². The fourth-order valence-corrected chi connectivity index (χ4v) is 5.66. The van der Waals surface area contributed by atoms with Crippen LogP contribution in [0.25, 0.3) is 5.70 Å². The number of aryl methyl sites for hydroxylation is 1. The molecule has 2 aromatic rings. The Morgan fingerprint density at radius 1 is 1.24 bits per heavy atom. The summed E-state index contributed by atoms with van der Waals surface area (Å²) >= 11 is 0. The summed E-state index contributed by atoms with van der Waals surface area (Å²) in [7, 11) is -0.488. The number of benzene rings is 1. The number of halogens is 2. The summed E-state index contributed by atoms with van der Waals surface area (Å²) in [6.07, 6.45) is 6.06. The van der Waals surface area contributed by atoms with E-state index in [4.69, 9.17) is 4.98 Å². The SMILES string of the molecule is C=C/C(NC(=C)c1ccnc(N2Cc3cc(CC)c(PC(F)F)cc3C2)n1)=C(\C=C/C)N1CCNCC1. The van der Waals surface area contributed by atoms with Gasteiger partial charge in [0.05, 0.1) is 22.8 Å². The minimum Gasteiger partial charge on any atom is -0.367 e. The van der Waals surface area contributed by atoms with Gasteiger partial charge in [-0.2, -0.15) is 0 Å². The van der Waals surface area contributed by atoms with Gasteiger partial charge in [-0.05, 0) is 68.2 Å². The maximum atomic E-state index is 13.1. The summed E-state index contributed by atoms with van der Waals surface area (Å²) in [5, 5.41) is 7.56. The number of alkyl halides is 2. The van der Waals surface area contributed by atoms with Gasteiger partial charge >= 0.3 is 0 Å². The molecule has 1 unspecified atom stereocenters. The second-order valence-corrected chi connectivity index (χ2v) is 10.3. The molecule has 0 amide bonds. The van der Waals surface area contributed by atoms with Crippen LogP contribution >= 0.6 is 8.58 Å². The van der Waals surface area contributed by atoms with Gasteiger partial charge in [0.15, 0.2) is 0 Å². The van der Waals surface area contributed by atoms with Crippen molar-refractivity contribution in [3.8, 4) is 0 Å². The van der Waals surface area contributed by atoms with Crippen molar-refractivity contribution in [2.24, 2.45) is 0 Å². The van der Waals surface area contributed by atoms with Gasteiger partial charge in [-0.15, -0.1) is 0 Å². The topological polar surface area (TPSA) is 56.3 Å². The lowest BCUT2D eigenvalue weighted by Crippen LogP contribution is -2.43. The monoisotopic (exact) mass is 524 g/mol. The van der Waals surface area contributed by atoms with Gasteiger partial charge < -0.3 is 20.4 Å². The number of hydrogen-bond donors (Lipinski definition) is 2. The van der Waals surface area contributed by atoms with E-state index in [0.717, 1.165) is 66.0 Å². The lowest BCUT2D eigenvalue weighted by molar-refractivity contribution is 0.249. The fraction of sp³-hybridized carbons (Fsp3) is 0.357. The van der Waals surface area contributed by atoms with E-state index in [2.05, 4.69) is 50.7 Å². The molecule has 1 fully saturated rings. The predicted octanol–water partition coefficient (Wildman–Crippen LogP) is 4.52. The molecular formula is C28H35F2N6P. The van der Waals surface area contributed by atoms with Crippen molar-refractivity contribution in [1.29, 1.82) is 0 Å². The van der Waals surface area contributed by atoms with Crippen LogP contribution in [-0.4, -0.2) is 47.2 Å². The smallest absolute Gasteiger partial charge is 0.256 e. The average Bonchev–Trinajstić information content (AvgIpc) is 3.33. The van der Waals surface area contributed by atoms with Crippen LogP contribution in [0.15, 0.2) is 67.2 Å². The molecule has 37 heavy (non-hydrogen) atoms. The zero-order chi connectivity index (χ0) is 26.4. The standard InChI is InChI=1S/C28H35F2N6P/c1-5-8-25(35-13-11-31-12-14-35)23(7-3)33-19(4)24-9-10-32-28(34-24)36-17-21-15-20(6-2)26(37-27(29)30)16-22(21)18-36/h5,7-10,15-16,27,31,33,37H,3-4,6,11-14,17-18H2,1-2H3/b8-5-,25-23-. The minimum atomic E-state index is -2.33. The molecule has 196 valence electrons. The Kier molecular flexibility index (Phi) is 9.06. The summed E-state index contributed by atoms with van der Waals surface area (Å²) in [5.74, 6) is 0.590. The van der Waals surface area contributed by atoms with Crippen LogP contribution in [0.5, 0.6) is 0 Å². The molecule has 2 aliphatic rings. The Labute approximate surface area is 220 Å². The molecule has 9 heteroatoms. The first kappa shape index (κ1) is 27.0. The van der Waals surface area contributed by atoms with E-state index in [1.807, 2.05) is 38.1 Å². The van der Waals surface area contributed by atoms with Gasteiger partial charge in [-0.25, -0.2) is 18.7 Å². The number of allylic oxidation sites excluding steroid dienone is 3. The van der Waals surface area contributed by atoms with Crippen LogP contribution in [0, 0.1) is 0 Å². The predicted molar refractivity (Wildman–Crippen MR) is 150 cm³/mol. The maximum absolute atomic E-state index is 13.1. The highest BCUT2D eigenvalue weighted by Gasteiger charge is 2.24. The molecule has 2 aliphatic heterocycles. The van der Waals surface area contributed by atoms with Crippen LogP contribution in [0.2, 0.25) is 0 Å². The molecule has 4 rings (SSSR count).